The number of ether oxygens (including phenoxy) is 1. The molecule has 0 aromatic heterocycles. The first-order chi connectivity index (χ1) is 9.67. The fourth-order valence-electron chi connectivity index (χ4n) is 2.77. The van der Waals surface area contributed by atoms with E-state index in [0.29, 0.717) is 26.0 Å². The monoisotopic (exact) mass is 285 g/mol. The summed E-state index contributed by atoms with van der Waals surface area (Å²) in [6.45, 7) is 1.30. The highest BCUT2D eigenvalue weighted by molar-refractivity contribution is 6.06. The summed E-state index contributed by atoms with van der Waals surface area (Å²) in [4.78, 5) is 12.5. The zero-order valence-corrected chi connectivity index (χ0v) is 12.4. The van der Waals surface area contributed by atoms with Crippen LogP contribution >= 0.6 is 0 Å². The number of nitrogens with one attached hydrogen (secondary N) is 1. The molecular weight excluding hydrogens is 258 g/mol. The van der Waals surface area contributed by atoms with Gasteiger partial charge in [-0.2, -0.15) is 0 Å². The summed E-state index contributed by atoms with van der Waals surface area (Å²) in [5.41, 5.74) is 5.00. The number of nitrogens with zero attached hydrogens (tertiary/aromatic N) is 1. The van der Waals surface area contributed by atoms with Crippen molar-refractivity contribution in [1.82, 2.24) is 5.32 Å². The molecule has 1 rings (SSSR count). The number of unbranched alkanes of at least 4 members (excludes halogenated alkanes) is 1. The molecule has 0 spiro atoms. The standard InChI is InChI=1S/C14H27N3O3/c1-20-11-7-6-10-16-13(18)14(12(15)17-19)8-4-2-3-5-9-14/h19H,2-11H2,1H3,(H2,15,17)(H,16,18). The van der Waals surface area contributed by atoms with Crippen molar-refractivity contribution >= 4 is 11.7 Å². The highest BCUT2D eigenvalue weighted by atomic mass is 16.5. The van der Waals surface area contributed by atoms with Crippen molar-refractivity contribution in [2.24, 2.45) is 16.3 Å². The van der Waals surface area contributed by atoms with Crippen molar-refractivity contribution in [2.75, 3.05) is 20.3 Å². The van der Waals surface area contributed by atoms with E-state index in [1.54, 1.807) is 7.11 Å². The summed E-state index contributed by atoms with van der Waals surface area (Å²) in [5, 5.41) is 15.0. The highest BCUT2D eigenvalue weighted by Crippen LogP contribution is 2.35. The van der Waals surface area contributed by atoms with Crippen LogP contribution in [0.25, 0.3) is 0 Å². The number of amides is 1. The molecular formula is C14H27N3O3. The Bertz CT molecular complexity index is 324. The second-order valence-electron chi connectivity index (χ2n) is 5.44. The Balaban J connectivity index is 2.60. The lowest BCUT2D eigenvalue weighted by Gasteiger charge is -2.29. The minimum atomic E-state index is -0.827. The lowest BCUT2D eigenvalue weighted by atomic mass is 9.78. The van der Waals surface area contributed by atoms with E-state index in [2.05, 4.69) is 10.5 Å². The van der Waals surface area contributed by atoms with Gasteiger partial charge in [-0.15, -0.1) is 0 Å². The van der Waals surface area contributed by atoms with Crippen molar-refractivity contribution in [3.63, 3.8) is 0 Å². The van der Waals surface area contributed by atoms with E-state index in [4.69, 9.17) is 15.7 Å². The maximum absolute atomic E-state index is 12.5. The van der Waals surface area contributed by atoms with Crippen molar-refractivity contribution in [2.45, 2.75) is 51.4 Å². The van der Waals surface area contributed by atoms with E-state index in [1.807, 2.05) is 0 Å². The summed E-state index contributed by atoms with van der Waals surface area (Å²) in [5.74, 6) is -0.0547. The number of carbonyl (C=O) groups excluding carboxylic acids is 1. The molecule has 0 radical (unpaired) electrons. The van der Waals surface area contributed by atoms with Crippen molar-refractivity contribution < 1.29 is 14.7 Å². The summed E-state index contributed by atoms with van der Waals surface area (Å²) in [7, 11) is 1.66. The van der Waals surface area contributed by atoms with Gasteiger partial charge in [0.2, 0.25) is 5.91 Å². The Hall–Kier alpha value is -1.30. The van der Waals surface area contributed by atoms with Crippen molar-refractivity contribution in [3.8, 4) is 0 Å². The molecule has 0 aliphatic heterocycles. The molecule has 6 nitrogen and oxygen atoms in total. The second-order valence-corrected chi connectivity index (χ2v) is 5.44. The van der Waals surface area contributed by atoms with Crippen LogP contribution in [0.1, 0.15) is 51.4 Å². The van der Waals surface area contributed by atoms with Gasteiger partial charge in [-0.05, 0) is 25.7 Å². The zero-order chi connectivity index (χ0) is 14.8. The first kappa shape index (κ1) is 16.8. The first-order valence-electron chi connectivity index (χ1n) is 7.42. The molecule has 6 heteroatoms. The molecule has 1 aliphatic rings. The molecule has 1 aliphatic carbocycles. The number of methoxy groups -OCH3 is 1. The predicted molar refractivity (Wildman–Crippen MR) is 77.7 cm³/mol. The summed E-state index contributed by atoms with van der Waals surface area (Å²) in [6.07, 6.45) is 7.17. The maximum atomic E-state index is 12.5. The summed E-state index contributed by atoms with van der Waals surface area (Å²) in [6, 6.07) is 0. The lowest BCUT2D eigenvalue weighted by Crippen LogP contribution is -2.49. The van der Waals surface area contributed by atoms with E-state index in [9.17, 15) is 4.79 Å². The van der Waals surface area contributed by atoms with Crippen LogP contribution in [0.4, 0.5) is 0 Å². The van der Waals surface area contributed by atoms with Gasteiger partial charge in [-0.3, -0.25) is 4.79 Å². The van der Waals surface area contributed by atoms with Crippen LogP contribution in [0, 0.1) is 5.41 Å². The minimum absolute atomic E-state index is 0.0498. The van der Waals surface area contributed by atoms with Crippen LogP contribution in [0.5, 0.6) is 0 Å². The third-order valence-corrected chi connectivity index (χ3v) is 4.05. The van der Waals surface area contributed by atoms with Crippen molar-refractivity contribution in [1.29, 1.82) is 0 Å². The Morgan fingerprint density at radius 3 is 2.50 bits per heavy atom. The van der Waals surface area contributed by atoms with Crippen LogP contribution < -0.4 is 11.1 Å². The van der Waals surface area contributed by atoms with Gasteiger partial charge in [-0.1, -0.05) is 30.8 Å². The summed E-state index contributed by atoms with van der Waals surface area (Å²) < 4.78 is 4.97. The SMILES string of the molecule is COCCCCNC(=O)C1(C(N)=NO)CCCCCC1. The molecule has 0 aromatic rings. The van der Waals surface area contributed by atoms with Crippen LogP contribution in [-0.4, -0.2) is 37.2 Å². The van der Waals surface area contributed by atoms with Gasteiger partial charge in [0.25, 0.3) is 0 Å². The van der Waals surface area contributed by atoms with Gasteiger partial charge in [0.05, 0.1) is 0 Å². The van der Waals surface area contributed by atoms with Gasteiger partial charge in [-0.25, -0.2) is 0 Å². The molecule has 1 fully saturated rings. The van der Waals surface area contributed by atoms with E-state index >= 15 is 0 Å². The number of carbonyl (C=O) groups is 1. The molecule has 0 saturated heterocycles. The van der Waals surface area contributed by atoms with Gasteiger partial charge in [0, 0.05) is 20.3 Å². The minimum Gasteiger partial charge on any atom is -0.409 e. The fourth-order valence-corrected chi connectivity index (χ4v) is 2.77. The number of hydrogen-bond donors (Lipinski definition) is 3. The quantitative estimate of drug-likeness (QED) is 0.165. The second kappa shape index (κ2) is 8.79. The average Bonchev–Trinajstić information content (AvgIpc) is 2.72. The molecule has 20 heavy (non-hydrogen) atoms. The number of rotatable bonds is 7. The first-order valence-corrected chi connectivity index (χ1v) is 7.42. The van der Waals surface area contributed by atoms with Gasteiger partial charge < -0.3 is 21.0 Å². The van der Waals surface area contributed by atoms with Gasteiger partial charge in [0.15, 0.2) is 5.84 Å². The molecule has 0 heterocycles. The number of amidine groups is 1. The number of oxime groups is 1. The lowest BCUT2D eigenvalue weighted by molar-refractivity contribution is -0.128. The normalized spacial score (nSPS) is 19.4. The van der Waals surface area contributed by atoms with E-state index in [1.165, 1.54) is 0 Å². The number of hydrogen-bond acceptors (Lipinski definition) is 4. The Kier molecular flexibility index (Phi) is 7.36. The molecule has 116 valence electrons. The maximum Gasteiger partial charge on any atom is 0.233 e. The molecule has 0 atom stereocenters. The van der Waals surface area contributed by atoms with E-state index in [-0.39, 0.29) is 11.7 Å². The fraction of sp³-hybridized carbons (Fsp3) is 0.857. The van der Waals surface area contributed by atoms with Gasteiger partial charge >= 0.3 is 0 Å². The summed E-state index contributed by atoms with van der Waals surface area (Å²) >= 11 is 0. The van der Waals surface area contributed by atoms with Crippen LogP contribution in [-0.2, 0) is 9.53 Å². The average molecular weight is 285 g/mol. The van der Waals surface area contributed by atoms with E-state index < -0.39 is 5.41 Å². The number of nitrogens with two attached hydrogens (primary N) is 1. The van der Waals surface area contributed by atoms with Crippen LogP contribution in [0.3, 0.4) is 0 Å². The van der Waals surface area contributed by atoms with E-state index in [0.717, 1.165) is 38.5 Å². The third kappa shape index (κ3) is 4.37. The molecule has 4 N–H and O–H groups in total. The Labute approximate surface area is 120 Å². The third-order valence-electron chi connectivity index (χ3n) is 4.05. The zero-order valence-electron chi connectivity index (χ0n) is 12.4. The molecule has 0 bridgehead atoms. The van der Waals surface area contributed by atoms with Crippen LogP contribution in [0.2, 0.25) is 0 Å². The molecule has 1 saturated carbocycles. The van der Waals surface area contributed by atoms with Crippen molar-refractivity contribution in [3.05, 3.63) is 0 Å². The van der Waals surface area contributed by atoms with Gasteiger partial charge in [0.1, 0.15) is 5.41 Å². The largest absolute Gasteiger partial charge is 0.409 e. The topological polar surface area (TPSA) is 96.9 Å². The predicted octanol–water partition coefficient (Wildman–Crippen LogP) is 1.62. The highest BCUT2D eigenvalue weighted by Gasteiger charge is 2.42. The Morgan fingerprint density at radius 2 is 1.95 bits per heavy atom. The van der Waals surface area contributed by atoms with Crippen LogP contribution in [0.15, 0.2) is 5.16 Å². The molecule has 0 aromatic carbocycles. The smallest absolute Gasteiger partial charge is 0.233 e. The molecule has 1 amide bonds. The molecule has 0 unspecified atom stereocenters. The Morgan fingerprint density at radius 1 is 1.30 bits per heavy atom.